The second kappa shape index (κ2) is 11.8. The van der Waals surface area contributed by atoms with Crippen LogP contribution in [0.3, 0.4) is 0 Å². The maximum Gasteiger partial charge on any atom is 0.459 e. The fourth-order valence-corrected chi connectivity index (χ4v) is 5.20. The quantitative estimate of drug-likeness (QED) is 0.138. The molecule has 4 N–H and O–H groups in total. The van der Waals surface area contributed by atoms with Crippen LogP contribution in [0.1, 0.15) is 33.4 Å². The van der Waals surface area contributed by atoms with Crippen LogP contribution in [0.2, 0.25) is 0 Å². The molecular formula is C32H24F12N2. The van der Waals surface area contributed by atoms with Gasteiger partial charge in [0.2, 0.25) is 0 Å². The van der Waals surface area contributed by atoms with E-state index in [1.165, 1.54) is 48.5 Å². The molecule has 0 aliphatic carbocycles. The summed E-state index contributed by atoms with van der Waals surface area (Å²) >= 11 is 0. The Kier molecular flexibility index (Phi) is 8.83. The lowest BCUT2D eigenvalue weighted by Crippen LogP contribution is -2.71. The van der Waals surface area contributed by atoms with Gasteiger partial charge in [-0.05, 0) is 70.5 Å². The third-order valence-electron chi connectivity index (χ3n) is 7.60. The second-order valence-corrected chi connectivity index (χ2v) is 10.7. The molecule has 4 aromatic rings. The molecule has 0 amide bonds. The van der Waals surface area contributed by atoms with Crippen LogP contribution in [0.4, 0.5) is 64.1 Å². The van der Waals surface area contributed by atoms with Gasteiger partial charge in [-0.2, -0.15) is 52.7 Å². The lowest BCUT2D eigenvalue weighted by molar-refractivity contribution is -0.401. The van der Waals surface area contributed by atoms with Crippen LogP contribution >= 0.6 is 0 Å². The largest absolute Gasteiger partial charge is 0.459 e. The van der Waals surface area contributed by atoms with Gasteiger partial charge in [-0.3, -0.25) is 0 Å². The molecule has 4 rings (SSSR count). The number of alkyl halides is 12. The first-order chi connectivity index (χ1) is 21.1. The zero-order chi connectivity index (χ0) is 34.3. The molecule has 0 fully saturated rings. The van der Waals surface area contributed by atoms with Gasteiger partial charge in [0, 0.05) is 11.4 Å². The monoisotopic (exact) mass is 664 g/mol. The van der Waals surface area contributed by atoms with Crippen molar-refractivity contribution in [2.24, 2.45) is 0 Å². The number of halogens is 12. The van der Waals surface area contributed by atoms with Crippen molar-refractivity contribution in [1.82, 2.24) is 0 Å². The predicted octanol–water partition coefficient (Wildman–Crippen LogP) is 9.35. The maximum absolute atomic E-state index is 15.9. The van der Waals surface area contributed by atoms with Crippen molar-refractivity contribution in [2.45, 2.75) is 48.4 Å². The number of nitrogens with two attached hydrogens (primary N) is 2. The van der Waals surface area contributed by atoms with Crippen molar-refractivity contribution in [3.05, 3.63) is 130 Å². The Hall–Kier alpha value is -4.36. The molecule has 0 heterocycles. The molecule has 4 aromatic carbocycles. The molecule has 0 unspecified atom stereocenters. The Morgan fingerprint density at radius 2 is 0.609 bits per heavy atom. The molecule has 2 nitrogen and oxygen atoms in total. The zero-order valence-electron chi connectivity index (χ0n) is 23.3. The van der Waals surface area contributed by atoms with E-state index in [0.29, 0.717) is 22.5 Å². The van der Waals surface area contributed by atoms with Gasteiger partial charge in [0.25, 0.3) is 0 Å². The topological polar surface area (TPSA) is 52.0 Å². The Bertz CT molecular complexity index is 1530. The normalized spacial score (nSPS) is 13.6. The van der Waals surface area contributed by atoms with Crippen molar-refractivity contribution in [2.75, 3.05) is 11.5 Å². The first-order valence-corrected chi connectivity index (χ1v) is 13.3. The standard InChI is InChI=1S/C32H24F12N2/c33-28(34,30(37,38)32(42,43)44)27(29(35,36)31(39,40)41,23-9-1-19(2-10-23)17-21-5-13-25(45)14-6-21)24-11-3-20(4-12-24)18-22-7-15-26(46)16-8-22/h1-16H,17-18,45-46H2. The first-order valence-electron chi connectivity index (χ1n) is 13.3. The Morgan fingerprint density at radius 1 is 0.348 bits per heavy atom. The summed E-state index contributed by atoms with van der Waals surface area (Å²) in [4.78, 5) is 0. The summed E-state index contributed by atoms with van der Waals surface area (Å²) in [6.07, 6.45) is -14.3. The Morgan fingerprint density at radius 3 is 0.870 bits per heavy atom. The van der Waals surface area contributed by atoms with Gasteiger partial charge in [-0.25, -0.2) is 0 Å². The van der Waals surface area contributed by atoms with Crippen molar-refractivity contribution < 1.29 is 52.7 Å². The Balaban J connectivity index is 1.98. The second-order valence-electron chi connectivity index (χ2n) is 10.7. The predicted molar refractivity (Wildman–Crippen MR) is 148 cm³/mol. The van der Waals surface area contributed by atoms with Gasteiger partial charge < -0.3 is 11.5 Å². The number of rotatable bonds is 9. The number of nitrogen functional groups attached to an aromatic ring is 2. The van der Waals surface area contributed by atoms with E-state index in [1.807, 2.05) is 0 Å². The smallest absolute Gasteiger partial charge is 0.399 e. The van der Waals surface area contributed by atoms with Gasteiger partial charge in [-0.15, -0.1) is 0 Å². The van der Waals surface area contributed by atoms with Gasteiger partial charge in [0.15, 0.2) is 5.41 Å². The fourth-order valence-electron chi connectivity index (χ4n) is 5.20. The fraction of sp³-hybridized carbons (Fsp3) is 0.250. The van der Waals surface area contributed by atoms with Crippen LogP contribution in [-0.2, 0) is 18.3 Å². The SMILES string of the molecule is Nc1ccc(Cc2ccc(C(c3ccc(Cc4ccc(N)cc4)cc3)(C(F)(F)C(F)(F)F)C(F)(F)C(F)(F)C(F)(F)F)cc2)cc1. The molecule has 0 saturated carbocycles. The van der Waals surface area contributed by atoms with Crippen LogP contribution in [0.25, 0.3) is 0 Å². The highest BCUT2D eigenvalue weighted by molar-refractivity contribution is 5.50. The number of hydrogen-bond donors (Lipinski definition) is 2. The highest BCUT2D eigenvalue weighted by Gasteiger charge is 2.89. The van der Waals surface area contributed by atoms with Gasteiger partial charge in [0.1, 0.15) is 0 Å². The van der Waals surface area contributed by atoms with Crippen molar-refractivity contribution >= 4 is 11.4 Å². The highest BCUT2D eigenvalue weighted by Crippen LogP contribution is 2.65. The summed E-state index contributed by atoms with van der Waals surface area (Å²) in [6.45, 7) is 0. The maximum atomic E-state index is 15.9. The summed E-state index contributed by atoms with van der Waals surface area (Å²) in [5.41, 5.74) is 3.99. The summed E-state index contributed by atoms with van der Waals surface area (Å²) in [5, 5.41) is 0. The van der Waals surface area contributed by atoms with Crippen LogP contribution in [0.15, 0.2) is 97.1 Å². The van der Waals surface area contributed by atoms with E-state index in [2.05, 4.69) is 0 Å². The van der Waals surface area contributed by atoms with E-state index in [9.17, 15) is 35.1 Å². The lowest BCUT2D eigenvalue weighted by atomic mass is 9.62. The van der Waals surface area contributed by atoms with Crippen LogP contribution in [0.5, 0.6) is 0 Å². The van der Waals surface area contributed by atoms with Gasteiger partial charge in [-0.1, -0.05) is 72.8 Å². The van der Waals surface area contributed by atoms with Crippen molar-refractivity contribution in [3.63, 3.8) is 0 Å². The molecule has 0 bridgehead atoms. The third-order valence-corrected chi connectivity index (χ3v) is 7.60. The molecule has 0 aliphatic heterocycles. The first kappa shape index (κ1) is 34.5. The number of benzene rings is 4. The molecule has 0 spiro atoms. The van der Waals surface area contributed by atoms with E-state index in [-0.39, 0.29) is 48.2 Å². The van der Waals surface area contributed by atoms with Crippen LogP contribution in [-0.4, -0.2) is 30.1 Å². The molecule has 14 heteroatoms. The average Bonchev–Trinajstić information content (AvgIpc) is 2.96. The summed E-state index contributed by atoms with van der Waals surface area (Å²) in [7, 11) is 0. The summed E-state index contributed by atoms with van der Waals surface area (Å²) < 4.78 is 175. The van der Waals surface area contributed by atoms with E-state index < -0.39 is 46.7 Å². The third kappa shape index (κ3) is 5.84. The van der Waals surface area contributed by atoms with E-state index in [1.54, 1.807) is 0 Å². The molecule has 0 aromatic heterocycles. The van der Waals surface area contributed by atoms with Gasteiger partial charge in [0.05, 0.1) is 0 Å². The van der Waals surface area contributed by atoms with Crippen LogP contribution < -0.4 is 11.5 Å². The minimum atomic E-state index is -7.36. The molecule has 0 saturated heterocycles. The number of anilines is 2. The highest BCUT2D eigenvalue weighted by atomic mass is 19.4. The molecule has 0 atom stereocenters. The Labute approximate surface area is 254 Å². The summed E-state index contributed by atoms with van der Waals surface area (Å²) in [5.74, 6) is -21.3. The number of hydrogen-bond acceptors (Lipinski definition) is 2. The van der Waals surface area contributed by atoms with Crippen LogP contribution in [0, 0.1) is 0 Å². The lowest BCUT2D eigenvalue weighted by Gasteiger charge is -2.48. The molecule has 0 aliphatic rings. The zero-order valence-corrected chi connectivity index (χ0v) is 23.3. The minimum absolute atomic E-state index is 0.0435. The van der Waals surface area contributed by atoms with E-state index in [0.717, 1.165) is 24.3 Å². The van der Waals surface area contributed by atoms with Crippen molar-refractivity contribution in [1.29, 1.82) is 0 Å². The molecule has 0 radical (unpaired) electrons. The average molecular weight is 665 g/mol. The summed E-state index contributed by atoms with van der Waals surface area (Å²) in [6, 6.07) is 16.3. The van der Waals surface area contributed by atoms with Gasteiger partial charge >= 0.3 is 30.1 Å². The van der Waals surface area contributed by atoms with E-state index >= 15 is 17.6 Å². The minimum Gasteiger partial charge on any atom is -0.399 e. The van der Waals surface area contributed by atoms with Crippen molar-refractivity contribution in [3.8, 4) is 0 Å². The molecular weight excluding hydrogens is 640 g/mol. The van der Waals surface area contributed by atoms with E-state index in [4.69, 9.17) is 11.5 Å². The molecule has 246 valence electrons. The molecule has 46 heavy (non-hydrogen) atoms.